The number of aromatic nitrogens is 4. The van der Waals surface area contributed by atoms with Crippen molar-refractivity contribution in [1.82, 2.24) is 18.7 Å². The number of ether oxygens (including phenoxy) is 1. The van der Waals surface area contributed by atoms with Crippen molar-refractivity contribution in [2.24, 2.45) is 0 Å². The van der Waals surface area contributed by atoms with E-state index in [1.165, 1.54) is 20.0 Å². The molecule has 0 aliphatic heterocycles. The van der Waals surface area contributed by atoms with Crippen LogP contribution < -0.4 is 11.2 Å². The second-order valence-electron chi connectivity index (χ2n) is 7.08. The van der Waals surface area contributed by atoms with Crippen LogP contribution >= 0.6 is 0 Å². The number of imidazole rings is 1. The van der Waals surface area contributed by atoms with E-state index in [0.717, 1.165) is 5.56 Å². The summed E-state index contributed by atoms with van der Waals surface area (Å²) >= 11 is 0. The second kappa shape index (κ2) is 8.43. The summed E-state index contributed by atoms with van der Waals surface area (Å²) in [6.45, 7) is 3.68. The molecule has 0 radical (unpaired) electrons. The van der Waals surface area contributed by atoms with E-state index in [0.29, 0.717) is 5.69 Å². The van der Waals surface area contributed by atoms with E-state index < -0.39 is 23.3 Å². The van der Waals surface area contributed by atoms with E-state index in [1.54, 1.807) is 38.1 Å². The molecule has 8 heteroatoms. The molecule has 4 rings (SSSR count). The maximum absolute atomic E-state index is 13.4. The van der Waals surface area contributed by atoms with Gasteiger partial charge < -0.3 is 9.30 Å². The standard InChI is InChI=1S/C23H22N4O4/c1-3-31-22(29)16(2)26-15-24-20-19(26)21(28)25(14-17-10-6-4-7-11-17)23(30)27(20)18-12-8-5-9-13-18/h4-13,15-16H,3,14H2,1-2H3/t16-/m1/s1. The number of fused-ring (bicyclic) bond motifs is 1. The molecule has 2 heterocycles. The molecule has 2 aromatic carbocycles. The van der Waals surface area contributed by atoms with Gasteiger partial charge in [-0.3, -0.25) is 9.36 Å². The predicted molar refractivity (Wildman–Crippen MR) is 116 cm³/mol. The third-order valence-corrected chi connectivity index (χ3v) is 5.10. The van der Waals surface area contributed by atoms with Crippen molar-refractivity contribution in [3.63, 3.8) is 0 Å². The number of carbonyl (C=O) groups is 1. The Hall–Kier alpha value is -3.94. The van der Waals surface area contributed by atoms with Gasteiger partial charge in [0.05, 0.1) is 25.2 Å². The Morgan fingerprint density at radius 3 is 2.32 bits per heavy atom. The van der Waals surface area contributed by atoms with Gasteiger partial charge in [-0.25, -0.2) is 19.1 Å². The van der Waals surface area contributed by atoms with E-state index in [9.17, 15) is 14.4 Å². The highest BCUT2D eigenvalue weighted by molar-refractivity contribution is 5.79. The first-order valence-corrected chi connectivity index (χ1v) is 10.0. The fourth-order valence-electron chi connectivity index (χ4n) is 3.53. The summed E-state index contributed by atoms with van der Waals surface area (Å²) < 4.78 is 9.15. The highest BCUT2D eigenvalue weighted by Crippen LogP contribution is 2.18. The maximum atomic E-state index is 13.4. The van der Waals surface area contributed by atoms with E-state index >= 15 is 0 Å². The van der Waals surface area contributed by atoms with Crippen LogP contribution in [-0.2, 0) is 16.1 Å². The summed E-state index contributed by atoms with van der Waals surface area (Å²) in [6, 6.07) is 17.5. The second-order valence-corrected chi connectivity index (χ2v) is 7.08. The summed E-state index contributed by atoms with van der Waals surface area (Å²) in [6.07, 6.45) is 1.40. The molecule has 0 spiro atoms. The van der Waals surface area contributed by atoms with Gasteiger partial charge in [0.15, 0.2) is 11.2 Å². The number of hydrogen-bond acceptors (Lipinski definition) is 5. The van der Waals surface area contributed by atoms with Gasteiger partial charge in [0.2, 0.25) is 0 Å². The molecule has 0 unspecified atom stereocenters. The van der Waals surface area contributed by atoms with E-state index in [1.807, 2.05) is 36.4 Å². The van der Waals surface area contributed by atoms with Crippen molar-refractivity contribution in [2.75, 3.05) is 6.61 Å². The fourth-order valence-corrected chi connectivity index (χ4v) is 3.53. The SMILES string of the molecule is CCOC(=O)[C@@H](C)n1cnc2c1c(=O)n(Cc1ccccc1)c(=O)n2-c1ccccc1. The molecule has 4 aromatic rings. The lowest BCUT2D eigenvalue weighted by molar-refractivity contribution is -0.146. The number of para-hydroxylation sites is 1. The van der Waals surface area contributed by atoms with Crippen molar-refractivity contribution < 1.29 is 9.53 Å². The summed E-state index contributed by atoms with van der Waals surface area (Å²) in [7, 11) is 0. The smallest absolute Gasteiger partial charge is 0.337 e. The van der Waals surface area contributed by atoms with Gasteiger partial charge >= 0.3 is 11.7 Å². The number of carbonyl (C=O) groups excluding carboxylic acids is 1. The highest BCUT2D eigenvalue weighted by atomic mass is 16.5. The first kappa shape index (κ1) is 20.3. The number of esters is 1. The van der Waals surface area contributed by atoms with Gasteiger partial charge in [0.1, 0.15) is 6.04 Å². The van der Waals surface area contributed by atoms with Crippen LogP contribution in [0.15, 0.2) is 76.6 Å². The zero-order chi connectivity index (χ0) is 22.0. The zero-order valence-electron chi connectivity index (χ0n) is 17.3. The molecule has 0 aliphatic rings. The Morgan fingerprint density at radius 1 is 1.03 bits per heavy atom. The minimum Gasteiger partial charge on any atom is -0.464 e. The van der Waals surface area contributed by atoms with Gasteiger partial charge in [-0.15, -0.1) is 0 Å². The van der Waals surface area contributed by atoms with Crippen LogP contribution in [0.4, 0.5) is 0 Å². The normalized spacial score (nSPS) is 12.1. The van der Waals surface area contributed by atoms with E-state index in [2.05, 4.69) is 4.98 Å². The molecule has 2 aromatic heterocycles. The van der Waals surface area contributed by atoms with Crippen molar-refractivity contribution in [2.45, 2.75) is 26.4 Å². The first-order valence-electron chi connectivity index (χ1n) is 10.0. The van der Waals surface area contributed by atoms with Crippen LogP contribution in [0.5, 0.6) is 0 Å². The molecule has 1 atom stereocenters. The molecule has 0 aliphatic carbocycles. The molecule has 8 nitrogen and oxygen atoms in total. The van der Waals surface area contributed by atoms with Gasteiger partial charge in [0.25, 0.3) is 5.56 Å². The lowest BCUT2D eigenvalue weighted by atomic mass is 10.2. The molecule has 0 fully saturated rings. The Morgan fingerprint density at radius 2 is 1.68 bits per heavy atom. The maximum Gasteiger partial charge on any atom is 0.337 e. The zero-order valence-corrected chi connectivity index (χ0v) is 17.3. The molecule has 158 valence electrons. The lowest BCUT2D eigenvalue weighted by Crippen LogP contribution is -2.40. The molecule has 0 saturated carbocycles. The lowest BCUT2D eigenvalue weighted by Gasteiger charge is -2.15. The fraction of sp³-hybridized carbons (Fsp3) is 0.217. The van der Waals surface area contributed by atoms with Crippen LogP contribution in [0.3, 0.4) is 0 Å². The number of rotatable bonds is 6. The highest BCUT2D eigenvalue weighted by Gasteiger charge is 2.24. The van der Waals surface area contributed by atoms with Crippen LogP contribution in [0.1, 0.15) is 25.5 Å². The Bertz CT molecular complexity index is 1340. The largest absolute Gasteiger partial charge is 0.464 e. The van der Waals surface area contributed by atoms with Crippen LogP contribution in [0.2, 0.25) is 0 Å². The van der Waals surface area contributed by atoms with Crippen LogP contribution in [0, 0.1) is 0 Å². The van der Waals surface area contributed by atoms with E-state index in [-0.39, 0.29) is 24.3 Å². The topological polar surface area (TPSA) is 88.1 Å². The minimum atomic E-state index is -0.774. The Kier molecular flexibility index (Phi) is 5.53. The van der Waals surface area contributed by atoms with Crippen molar-refractivity contribution >= 4 is 17.1 Å². The minimum absolute atomic E-state index is 0.0975. The molecule has 0 bridgehead atoms. The van der Waals surface area contributed by atoms with E-state index in [4.69, 9.17) is 4.74 Å². The number of nitrogens with zero attached hydrogens (tertiary/aromatic N) is 4. The third-order valence-electron chi connectivity index (χ3n) is 5.10. The molecular formula is C23H22N4O4. The Labute approximate surface area is 178 Å². The summed E-state index contributed by atoms with van der Waals surface area (Å²) in [5, 5.41) is 0. The van der Waals surface area contributed by atoms with Crippen LogP contribution in [0.25, 0.3) is 16.9 Å². The molecule has 0 saturated heterocycles. The number of hydrogen-bond donors (Lipinski definition) is 0. The van der Waals surface area contributed by atoms with Crippen molar-refractivity contribution in [3.8, 4) is 5.69 Å². The molecule has 31 heavy (non-hydrogen) atoms. The predicted octanol–water partition coefficient (Wildman–Crippen LogP) is 2.52. The number of benzene rings is 2. The quantitative estimate of drug-likeness (QED) is 0.449. The van der Waals surface area contributed by atoms with Gasteiger partial charge in [-0.1, -0.05) is 48.5 Å². The average molecular weight is 418 g/mol. The summed E-state index contributed by atoms with van der Waals surface area (Å²) in [4.78, 5) is 43.5. The van der Waals surface area contributed by atoms with Crippen molar-refractivity contribution in [3.05, 3.63) is 93.4 Å². The monoisotopic (exact) mass is 418 g/mol. The van der Waals surface area contributed by atoms with Crippen LogP contribution in [-0.4, -0.2) is 31.3 Å². The van der Waals surface area contributed by atoms with Gasteiger partial charge in [-0.2, -0.15) is 0 Å². The third kappa shape index (κ3) is 3.68. The Balaban J connectivity index is 2.01. The summed E-state index contributed by atoms with van der Waals surface area (Å²) in [5.74, 6) is -0.478. The molecule has 0 N–H and O–H groups in total. The molecule has 0 amide bonds. The average Bonchev–Trinajstić information content (AvgIpc) is 3.22. The van der Waals surface area contributed by atoms with Crippen molar-refractivity contribution in [1.29, 1.82) is 0 Å². The summed E-state index contributed by atoms with van der Waals surface area (Å²) in [5.41, 5.74) is 0.742. The van der Waals surface area contributed by atoms with Gasteiger partial charge in [0, 0.05) is 0 Å². The molecular weight excluding hydrogens is 396 g/mol. The van der Waals surface area contributed by atoms with Gasteiger partial charge in [-0.05, 0) is 31.5 Å². The first-order chi connectivity index (χ1) is 15.0.